The zero-order valence-corrected chi connectivity index (χ0v) is 10.6. The summed E-state index contributed by atoms with van der Waals surface area (Å²) in [5.41, 5.74) is 1.39. The number of hydrogen-bond acceptors (Lipinski definition) is 1. The van der Waals surface area contributed by atoms with E-state index in [-0.39, 0.29) is 5.91 Å². The second kappa shape index (κ2) is 7.86. The van der Waals surface area contributed by atoms with Crippen LogP contribution in [0.2, 0.25) is 0 Å². The number of terminal acetylenes is 1. The summed E-state index contributed by atoms with van der Waals surface area (Å²) in [6.45, 7) is 1.45. The molecule has 14 heavy (non-hydrogen) atoms. The molecule has 1 aromatic carbocycles. The third-order valence-electron chi connectivity index (χ3n) is 1.39. The van der Waals surface area contributed by atoms with Gasteiger partial charge in [0.05, 0.1) is 5.69 Å². The summed E-state index contributed by atoms with van der Waals surface area (Å²) in [4.78, 5) is 10.7. The van der Waals surface area contributed by atoms with Crippen LogP contribution in [0.3, 0.4) is 0 Å². The number of halogens is 1. The average molecular weight is 350 g/mol. The van der Waals surface area contributed by atoms with Gasteiger partial charge in [0.25, 0.3) is 0 Å². The number of anilines is 1. The maximum atomic E-state index is 10.7. The first-order chi connectivity index (χ1) is 6.74. The number of rotatable bonds is 1. The van der Waals surface area contributed by atoms with Crippen molar-refractivity contribution in [1.29, 1.82) is 0 Å². The minimum absolute atomic E-state index is 0.113. The van der Waals surface area contributed by atoms with Crippen LogP contribution in [-0.2, 0) is 17.6 Å². The van der Waals surface area contributed by atoms with Crippen molar-refractivity contribution in [3.63, 3.8) is 0 Å². The van der Waals surface area contributed by atoms with Crippen LogP contribution >= 0.6 is 20.3 Å². The number of hydrogen-bond donors (Lipinski definition) is 1. The van der Waals surface area contributed by atoms with Gasteiger partial charge in [-0.2, -0.15) is 0 Å². The quantitative estimate of drug-likeness (QED) is 0.471. The van der Waals surface area contributed by atoms with Crippen LogP contribution in [0, 0.1) is 12.3 Å². The first-order valence-electron chi connectivity index (χ1n) is 3.68. The number of benzene rings is 1. The van der Waals surface area contributed by atoms with Crippen LogP contribution in [0.1, 0.15) is 12.5 Å². The summed E-state index contributed by atoms with van der Waals surface area (Å²) in [5.74, 6) is 2.37. The van der Waals surface area contributed by atoms with Crippen molar-refractivity contribution in [2.75, 3.05) is 5.32 Å². The van der Waals surface area contributed by atoms with Gasteiger partial charge in [0.15, 0.2) is 0 Å². The van der Waals surface area contributed by atoms with E-state index in [2.05, 4.69) is 24.0 Å². The van der Waals surface area contributed by atoms with Gasteiger partial charge in [0.1, 0.15) is 0 Å². The van der Waals surface area contributed by atoms with Gasteiger partial charge in [-0.25, -0.2) is 0 Å². The van der Waals surface area contributed by atoms with Gasteiger partial charge in [-0.05, 0) is 12.1 Å². The molecule has 0 saturated heterocycles. The molecule has 0 saturated carbocycles. The summed E-state index contributed by atoms with van der Waals surface area (Å²) in [5, 5.41) is 2.64. The summed E-state index contributed by atoms with van der Waals surface area (Å²) in [6, 6.07) is 7.22. The fourth-order valence-corrected chi connectivity index (χ4v) is 0.908. The van der Waals surface area contributed by atoms with E-state index < -0.39 is 0 Å². The average Bonchev–Trinajstić information content (AvgIpc) is 2.21. The molecule has 0 radical (unpaired) electrons. The molecule has 0 aliphatic rings. The molecule has 0 aromatic heterocycles. The Bertz CT molecular complexity index is 346. The monoisotopic (exact) mass is 349 g/mol. The third-order valence-corrected chi connectivity index (χ3v) is 1.39. The van der Waals surface area contributed by atoms with E-state index in [0.29, 0.717) is 11.3 Å². The Morgan fingerprint density at radius 2 is 2.07 bits per heavy atom. The predicted molar refractivity (Wildman–Crippen MR) is 62.7 cm³/mol. The SMILES string of the molecule is C#Cc1ccccc1NC(C)=O.[Cu][I]. The van der Waals surface area contributed by atoms with Crippen molar-refractivity contribution in [3.8, 4) is 12.3 Å². The second-order valence-corrected chi connectivity index (χ2v) is 2.37. The maximum absolute atomic E-state index is 10.7. The van der Waals surface area contributed by atoms with Crippen molar-refractivity contribution in [1.82, 2.24) is 0 Å². The van der Waals surface area contributed by atoms with Gasteiger partial charge in [0.2, 0.25) is 5.91 Å². The van der Waals surface area contributed by atoms with Crippen molar-refractivity contribution >= 4 is 31.9 Å². The van der Waals surface area contributed by atoms with E-state index in [4.69, 9.17) is 6.42 Å². The topological polar surface area (TPSA) is 29.1 Å². The third kappa shape index (κ3) is 4.66. The minimum atomic E-state index is -0.113. The summed E-state index contributed by atoms with van der Waals surface area (Å²) < 4.78 is 0. The molecule has 0 bridgehead atoms. The molecule has 1 N–H and O–H groups in total. The molecule has 0 fully saturated rings. The van der Waals surface area contributed by atoms with Crippen molar-refractivity contribution < 1.29 is 17.6 Å². The van der Waals surface area contributed by atoms with Crippen LogP contribution in [0.25, 0.3) is 0 Å². The van der Waals surface area contributed by atoms with Gasteiger partial charge in [-0.15, -0.1) is 6.42 Å². The zero-order chi connectivity index (χ0) is 11.0. The van der Waals surface area contributed by atoms with Crippen LogP contribution in [0.15, 0.2) is 24.3 Å². The summed E-state index contributed by atoms with van der Waals surface area (Å²) in [7, 11) is 0. The summed E-state index contributed by atoms with van der Waals surface area (Å²) in [6.07, 6.45) is 5.23. The van der Waals surface area contributed by atoms with Crippen molar-refractivity contribution in [2.45, 2.75) is 6.92 Å². The van der Waals surface area contributed by atoms with Gasteiger partial charge >= 0.3 is 33.1 Å². The Hall–Kier alpha value is -0.501. The van der Waals surface area contributed by atoms with E-state index in [0.717, 1.165) is 0 Å². The molecule has 1 aromatic rings. The standard InChI is InChI=1S/C10H9NO.Cu.HI/c1-3-9-6-4-5-7-10(9)11-8(2)12;;/h1,4-7H,2H3,(H,11,12);;1H/q;+1;/p-1. The van der Waals surface area contributed by atoms with Crippen LogP contribution in [-0.4, -0.2) is 5.91 Å². The van der Waals surface area contributed by atoms with E-state index in [9.17, 15) is 4.79 Å². The summed E-state index contributed by atoms with van der Waals surface area (Å²) >= 11 is 5.87. The Labute approximate surface area is 103 Å². The Balaban J connectivity index is 0.000000791. The molecule has 1 amide bonds. The predicted octanol–water partition coefficient (Wildman–Crippen LogP) is 2.51. The number of carbonyl (C=O) groups excluding carboxylic acids is 1. The Morgan fingerprint density at radius 1 is 1.50 bits per heavy atom. The zero-order valence-electron chi connectivity index (χ0n) is 7.47. The number of amides is 1. The van der Waals surface area contributed by atoms with Crippen molar-refractivity contribution in [3.05, 3.63) is 29.8 Å². The number of carbonyl (C=O) groups is 1. The molecular weight excluding hydrogens is 341 g/mol. The normalized spacial score (nSPS) is 7.93. The molecule has 0 heterocycles. The van der Waals surface area contributed by atoms with Crippen LogP contribution in [0.4, 0.5) is 5.69 Å². The molecule has 4 heteroatoms. The molecule has 0 unspecified atom stereocenters. The second-order valence-electron chi connectivity index (χ2n) is 2.37. The van der Waals surface area contributed by atoms with E-state index >= 15 is 0 Å². The number of para-hydroxylation sites is 1. The molecule has 0 aliphatic heterocycles. The Morgan fingerprint density at radius 3 is 2.57 bits per heavy atom. The fraction of sp³-hybridized carbons (Fsp3) is 0.100. The van der Waals surface area contributed by atoms with Gasteiger partial charge in [-0.3, -0.25) is 4.79 Å². The first kappa shape index (κ1) is 13.5. The van der Waals surface area contributed by atoms with E-state index in [1.807, 2.05) is 12.1 Å². The van der Waals surface area contributed by atoms with Crippen molar-refractivity contribution in [2.24, 2.45) is 0 Å². The van der Waals surface area contributed by atoms with Crippen LogP contribution in [0.5, 0.6) is 0 Å². The molecular formula is C10H9CuINO. The Kier molecular flexibility index (Phi) is 7.58. The van der Waals surface area contributed by atoms with Gasteiger partial charge in [0, 0.05) is 12.5 Å². The van der Waals surface area contributed by atoms with Gasteiger partial charge < -0.3 is 5.32 Å². The fourth-order valence-electron chi connectivity index (χ4n) is 0.908. The molecule has 1 rings (SSSR count). The molecule has 78 valence electrons. The number of nitrogens with one attached hydrogen (secondary N) is 1. The molecule has 0 spiro atoms. The van der Waals surface area contributed by atoms with E-state index in [1.165, 1.54) is 6.92 Å². The molecule has 0 atom stereocenters. The molecule has 0 aliphatic carbocycles. The van der Waals surface area contributed by atoms with E-state index in [1.54, 1.807) is 32.5 Å². The molecule has 2 nitrogen and oxygen atoms in total. The first-order valence-corrected chi connectivity index (χ1v) is 6.72. The van der Waals surface area contributed by atoms with Crippen LogP contribution < -0.4 is 5.32 Å². The van der Waals surface area contributed by atoms with Gasteiger partial charge in [-0.1, -0.05) is 18.1 Å².